The molecule has 0 amide bonds. The fraction of sp³-hybridized carbons (Fsp3) is 0. The number of rotatable bonds is 0. The maximum atomic E-state index is 8.60. The van der Waals surface area contributed by atoms with Crippen molar-refractivity contribution in [3.63, 3.8) is 0 Å². The Kier molecular flexibility index (Phi) is 5.39. The summed E-state index contributed by atoms with van der Waals surface area (Å²) in [5.74, 6) is 0. The van der Waals surface area contributed by atoms with Gasteiger partial charge in [0.05, 0.1) is 0 Å². The van der Waals surface area contributed by atoms with E-state index in [1.54, 1.807) is 0 Å². The predicted molar refractivity (Wildman–Crippen MR) is 24.6 cm³/mol. The van der Waals surface area contributed by atoms with Crippen LogP contribution in [0.3, 0.4) is 0 Å². The number of hydrogen-bond acceptors (Lipinski definition) is 3. The molecule has 1 aliphatic carbocycles. The van der Waals surface area contributed by atoms with Crippen molar-refractivity contribution in [2.45, 2.75) is 0 Å². The average molecular weight is 299 g/mol. The molecule has 0 unspecified atom stereocenters. The van der Waals surface area contributed by atoms with Crippen molar-refractivity contribution in [2.24, 2.45) is 0 Å². The molecule has 9 heavy (non-hydrogen) atoms. The summed E-state index contributed by atoms with van der Waals surface area (Å²) in [5.41, 5.74) is 0. The molecule has 0 heterocycles. The Hall–Kier alpha value is -0.458. The van der Waals surface area contributed by atoms with Gasteiger partial charge in [-0.3, -0.25) is 0 Å². The summed E-state index contributed by atoms with van der Waals surface area (Å²) in [6, 6.07) is 0. The summed E-state index contributed by atoms with van der Waals surface area (Å²) >= 11 is -4.21. The Labute approximate surface area is 58.2 Å². The first kappa shape index (κ1) is 8.54. The molecule has 0 saturated carbocycles. The SMILES string of the molecule is [CH]1C=CC=C1.[O]=[Re](=[O])=[O]. The molecule has 0 aliphatic heterocycles. The zero-order valence-electron chi connectivity index (χ0n) is 4.49. The van der Waals surface area contributed by atoms with Gasteiger partial charge < -0.3 is 0 Å². The minimum atomic E-state index is -4.21. The van der Waals surface area contributed by atoms with E-state index in [1.165, 1.54) is 0 Å². The van der Waals surface area contributed by atoms with Gasteiger partial charge in [0.15, 0.2) is 0 Å². The fourth-order valence-electron chi connectivity index (χ4n) is 0.321. The Balaban J connectivity index is 0.000000148. The van der Waals surface area contributed by atoms with Gasteiger partial charge in [-0.1, -0.05) is 24.3 Å². The van der Waals surface area contributed by atoms with E-state index >= 15 is 0 Å². The molecule has 3 nitrogen and oxygen atoms in total. The molecule has 1 rings (SSSR count). The summed E-state index contributed by atoms with van der Waals surface area (Å²) in [6.07, 6.45) is 10.0. The molecule has 0 fully saturated rings. The summed E-state index contributed by atoms with van der Waals surface area (Å²) in [5, 5.41) is 0. The van der Waals surface area contributed by atoms with Gasteiger partial charge in [-0.05, 0) is 0 Å². The van der Waals surface area contributed by atoms with Gasteiger partial charge in [-0.15, -0.1) is 0 Å². The van der Waals surface area contributed by atoms with Crippen LogP contribution in [0.4, 0.5) is 0 Å². The molecular weight excluding hydrogens is 294 g/mol. The third-order valence-electron chi connectivity index (χ3n) is 0.556. The van der Waals surface area contributed by atoms with Crippen molar-refractivity contribution in [3.8, 4) is 0 Å². The Morgan fingerprint density at radius 3 is 1.22 bits per heavy atom. The van der Waals surface area contributed by atoms with Crippen molar-refractivity contribution >= 4 is 0 Å². The van der Waals surface area contributed by atoms with Crippen LogP contribution in [-0.4, -0.2) is 0 Å². The van der Waals surface area contributed by atoms with Crippen LogP contribution < -0.4 is 0 Å². The third-order valence-corrected chi connectivity index (χ3v) is 0.556. The van der Waals surface area contributed by atoms with E-state index in [9.17, 15) is 0 Å². The first-order valence-electron chi connectivity index (χ1n) is 2.13. The van der Waals surface area contributed by atoms with Gasteiger partial charge in [-0.2, -0.15) is 0 Å². The van der Waals surface area contributed by atoms with Gasteiger partial charge >= 0.3 is 27.0 Å². The zero-order chi connectivity index (χ0) is 7.11. The molecule has 4 heteroatoms. The second-order valence-corrected chi connectivity index (χ2v) is 2.51. The van der Waals surface area contributed by atoms with E-state index in [4.69, 9.17) is 10.4 Å². The molecule has 1 aliphatic rings. The topological polar surface area (TPSA) is 51.2 Å². The summed E-state index contributed by atoms with van der Waals surface area (Å²) in [7, 11) is 0. The van der Waals surface area contributed by atoms with Crippen LogP contribution in [0.2, 0.25) is 0 Å². The minimum absolute atomic E-state index is 2.00. The van der Waals surface area contributed by atoms with Crippen molar-refractivity contribution in [1.82, 2.24) is 0 Å². The Morgan fingerprint density at radius 1 is 0.778 bits per heavy atom. The van der Waals surface area contributed by atoms with Gasteiger partial charge in [0.2, 0.25) is 0 Å². The van der Waals surface area contributed by atoms with E-state index in [1.807, 2.05) is 30.7 Å². The third kappa shape index (κ3) is 11.2. The van der Waals surface area contributed by atoms with Crippen LogP contribution in [0.5, 0.6) is 0 Å². The molecule has 0 N–H and O–H groups in total. The monoisotopic (exact) mass is 300 g/mol. The molecule has 0 atom stereocenters. The molecule has 0 aromatic rings. The van der Waals surface area contributed by atoms with Crippen LogP contribution >= 0.6 is 0 Å². The van der Waals surface area contributed by atoms with Crippen molar-refractivity contribution < 1.29 is 27.0 Å². The molecule has 0 bridgehead atoms. The summed E-state index contributed by atoms with van der Waals surface area (Å²) in [4.78, 5) is 0. The van der Waals surface area contributed by atoms with Crippen molar-refractivity contribution in [3.05, 3.63) is 30.7 Å². The second-order valence-electron chi connectivity index (χ2n) is 1.15. The molecule has 0 aromatic carbocycles. The van der Waals surface area contributed by atoms with E-state index in [2.05, 4.69) is 0 Å². The van der Waals surface area contributed by atoms with Crippen molar-refractivity contribution in [2.75, 3.05) is 0 Å². The van der Waals surface area contributed by atoms with E-state index in [-0.39, 0.29) is 0 Å². The molecule has 0 aromatic heterocycles. The molecule has 1 radical (unpaired) electrons. The van der Waals surface area contributed by atoms with Gasteiger partial charge in [0.1, 0.15) is 0 Å². The van der Waals surface area contributed by atoms with Crippen LogP contribution in [0.15, 0.2) is 24.3 Å². The number of hydrogen-bond donors (Lipinski definition) is 0. The molecule has 0 saturated heterocycles. The standard InChI is InChI=1S/C5H5.3O.Re/c1-2-4-5-3-1;;;;/h1-5H;;;;. The quantitative estimate of drug-likeness (QED) is 0.669. The first-order chi connectivity index (χ1) is 4.23. The predicted octanol–water partition coefficient (Wildman–Crippen LogP) is 0.958. The van der Waals surface area contributed by atoms with E-state index in [0.717, 1.165) is 0 Å². The second kappa shape index (κ2) is 5.67. The number of allylic oxidation sites excluding steroid dienone is 4. The van der Waals surface area contributed by atoms with Crippen LogP contribution in [-0.2, 0) is 27.0 Å². The van der Waals surface area contributed by atoms with Crippen LogP contribution in [0.25, 0.3) is 0 Å². The Bertz CT molecular complexity index is 191. The average Bonchev–Trinajstić information content (AvgIpc) is 2.11. The first-order valence-corrected chi connectivity index (χ1v) is 5.46. The van der Waals surface area contributed by atoms with Gasteiger partial charge in [0, 0.05) is 6.42 Å². The van der Waals surface area contributed by atoms with Crippen LogP contribution in [0.1, 0.15) is 0 Å². The van der Waals surface area contributed by atoms with Crippen molar-refractivity contribution in [1.29, 1.82) is 0 Å². The fourth-order valence-corrected chi connectivity index (χ4v) is 0.321. The Morgan fingerprint density at radius 2 is 1.11 bits per heavy atom. The van der Waals surface area contributed by atoms with E-state index in [0.29, 0.717) is 0 Å². The summed E-state index contributed by atoms with van der Waals surface area (Å²) < 4.78 is 25.8. The summed E-state index contributed by atoms with van der Waals surface area (Å²) in [6.45, 7) is 0. The van der Waals surface area contributed by atoms with Gasteiger partial charge in [-0.25, -0.2) is 0 Å². The molecule has 50 valence electrons. The van der Waals surface area contributed by atoms with Crippen LogP contribution in [0, 0.1) is 6.42 Å². The van der Waals surface area contributed by atoms with Gasteiger partial charge in [0.25, 0.3) is 0 Å². The normalized spacial score (nSPS) is 12.4. The molecular formula is C5H5O3Re. The van der Waals surface area contributed by atoms with E-state index < -0.39 is 16.6 Å². The molecule has 0 spiro atoms. The zero-order valence-corrected chi connectivity index (χ0v) is 7.21. The maximum absolute atomic E-state index is 8.60.